The third kappa shape index (κ3) is 1.42. The van der Waals surface area contributed by atoms with E-state index in [-0.39, 0.29) is 0 Å². The lowest BCUT2D eigenvalue weighted by Gasteiger charge is -2.44. The largest absolute Gasteiger partial charge is 0.297 e. The average Bonchev–Trinajstić information content (AvgIpc) is 2.04. The van der Waals surface area contributed by atoms with Crippen LogP contribution >= 0.6 is 0 Å². The predicted octanol–water partition coefficient (Wildman–Crippen LogP) is 2.58. The summed E-state index contributed by atoms with van der Waals surface area (Å²) in [5.74, 6) is 0. The lowest BCUT2D eigenvalue weighted by atomic mass is 9.87. The van der Waals surface area contributed by atoms with Crippen LogP contribution in [-0.2, 0) is 0 Å². The fraction of sp³-hybridized carbons (Fsp3) is 0.818. The van der Waals surface area contributed by atoms with Gasteiger partial charge >= 0.3 is 0 Å². The molecular weight excluding hydrogens is 146 g/mol. The summed E-state index contributed by atoms with van der Waals surface area (Å²) in [7, 11) is 0. The number of hydrogen-bond donors (Lipinski definition) is 0. The van der Waals surface area contributed by atoms with Gasteiger partial charge in [-0.1, -0.05) is 18.6 Å². The Kier molecular flexibility index (Phi) is 2.22. The Bertz CT molecular complexity index is 185. The summed E-state index contributed by atoms with van der Waals surface area (Å²) in [4.78, 5) is 2.69. The molecule has 0 bridgehead atoms. The first-order valence-electron chi connectivity index (χ1n) is 5.20. The molecule has 2 saturated heterocycles. The molecule has 2 atom stereocenters. The van der Waals surface area contributed by atoms with Crippen LogP contribution in [0.4, 0.5) is 0 Å². The Labute approximate surface area is 75.4 Å². The van der Waals surface area contributed by atoms with Crippen LogP contribution in [0.1, 0.15) is 39.0 Å². The van der Waals surface area contributed by atoms with Gasteiger partial charge in [0.1, 0.15) is 0 Å². The summed E-state index contributed by atoms with van der Waals surface area (Å²) in [6.45, 7) is 7.81. The molecule has 0 aromatic heterocycles. The molecule has 68 valence electrons. The second-order valence-corrected chi connectivity index (χ2v) is 4.39. The molecule has 0 aliphatic carbocycles. The van der Waals surface area contributed by atoms with E-state index in [4.69, 9.17) is 0 Å². The van der Waals surface area contributed by atoms with E-state index in [0.717, 1.165) is 12.1 Å². The second kappa shape index (κ2) is 3.21. The van der Waals surface area contributed by atoms with E-state index in [9.17, 15) is 0 Å². The highest BCUT2D eigenvalue weighted by Gasteiger charge is 2.30. The maximum Gasteiger partial charge on any atom is 0.0135 e. The predicted molar refractivity (Wildman–Crippen MR) is 52.2 cm³/mol. The minimum atomic E-state index is 0.761. The van der Waals surface area contributed by atoms with Crippen LogP contribution in [0.3, 0.4) is 0 Å². The van der Waals surface area contributed by atoms with E-state index in [0.29, 0.717) is 0 Å². The van der Waals surface area contributed by atoms with Crippen molar-refractivity contribution in [2.24, 2.45) is 0 Å². The highest BCUT2D eigenvalue weighted by atomic mass is 15.2. The zero-order valence-electron chi connectivity index (χ0n) is 8.05. The van der Waals surface area contributed by atoms with Crippen LogP contribution in [0.2, 0.25) is 0 Å². The summed E-state index contributed by atoms with van der Waals surface area (Å²) in [5.41, 5.74) is 1.48. The number of fused-ring (bicyclic) bond motifs is 1. The lowest BCUT2D eigenvalue weighted by Crippen LogP contribution is -2.48. The van der Waals surface area contributed by atoms with Gasteiger partial charge in [-0.25, -0.2) is 0 Å². The van der Waals surface area contributed by atoms with Gasteiger partial charge in [0.25, 0.3) is 0 Å². The monoisotopic (exact) mass is 165 g/mol. The number of piperidine rings is 2. The standard InChI is InChI=1S/C11H19N/c1-9-7-10(2)12-6-4-3-5-11(12)8-9/h10-11H,1,3-8H2,2H3/t10-,11-/m1/s1. The maximum atomic E-state index is 4.13. The lowest BCUT2D eigenvalue weighted by molar-refractivity contribution is 0.0825. The molecule has 2 aliphatic rings. The van der Waals surface area contributed by atoms with Gasteiger partial charge in [-0.3, -0.25) is 4.90 Å². The highest BCUT2D eigenvalue weighted by molar-refractivity contribution is 5.06. The van der Waals surface area contributed by atoms with E-state index in [1.807, 2.05) is 0 Å². The molecule has 2 aliphatic heterocycles. The van der Waals surface area contributed by atoms with E-state index in [1.165, 1.54) is 44.2 Å². The van der Waals surface area contributed by atoms with Crippen LogP contribution in [-0.4, -0.2) is 23.5 Å². The first-order chi connectivity index (χ1) is 5.77. The quantitative estimate of drug-likeness (QED) is 0.499. The minimum Gasteiger partial charge on any atom is -0.297 e. The molecule has 2 heterocycles. The van der Waals surface area contributed by atoms with Crippen LogP contribution < -0.4 is 0 Å². The minimum absolute atomic E-state index is 0.761. The smallest absolute Gasteiger partial charge is 0.0135 e. The van der Waals surface area contributed by atoms with Gasteiger partial charge in [0, 0.05) is 12.1 Å². The van der Waals surface area contributed by atoms with E-state index < -0.39 is 0 Å². The Morgan fingerprint density at radius 2 is 2.17 bits per heavy atom. The fourth-order valence-electron chi connectivity index (χ4n) is 2.77. The molecule has 0 aromatic rings. The van der Waals surface area contributed by atoms with Crippen molar-refractivity contribution in [1.82, 2.24) is 4.90 Å². The average molecular weight is 165 g/mol. The van der Waals surface area contributed by atoms with Gasteiger partial charge in [-0.2, -0.15) is 0 Å². The molecule has 0 radical (unpaired) electrons. The van der Waals surface area contributed by atoms with Crippen molar-refractivity contribution in [3.63, 3.8) is 0 Å². The molecule has 0 saturated carbocycles. The molecule has 1 heteroatoms. The molecule has 0 N–H and O–H groups in total. The van der Waals surface area contributed by atoms with Gasteiger partial charge < -0.3 is 0 Å². The van der Waals surface area contributed by atoms with Crippen molar-refractivity contribution < 1.29 is 0 Å². The van der Waals surface area contributed by atoms with E-state index in [2.05, 4.69) is 18.4 Å². The van der Waals surface area contributed by atoms with Crippen molar-refractivity contribution in [1.29, 1.82) is 0 Å². The molecule has 0 unspecified atom stereocenters. The highest BCUT2D eigenvalue weighted by Crippen LogP contribution is 2.31. The molecule has 1 nitrogen and oxygen atoms in total. The Morgan fingerprint density at radius 1 is 1.33 bits per heavy atom. The third-order valence-electron chi connectivity index (χ3n) is 3.35. The van der Waals surface area contributed by atoms with E-state index in [1.54, 1.807) is 0 Å². The maximum absolute atomic E-state index is 4.13. The summed E-state index contributed by atoms with van der Waals surface area (Å²) in [5, 5.41) is 0. The van der Waals surface area contributed by atoms with Crippen molar-refractivity contribution >= 4 is 0 Å². The first kappa shape index (κ1) is 8.31. The van der Waals surface area contributed by atoms with Gasteiger partial charge in [0.15, 0.2) is 0 Å². The Morgan fingerprint density at radius 3 is 3.00 bits per heavy atom. The van der Waals surface area contributed by atoms with Gasteiger partial charge in [0.05, 0.1) is 0 Å². The molecule has 12 heavy (non-hydrogen) atoms. The summed E-state index contributed by atoms with van der Waals surface area (Å²) in [6, 6.07) is 1.60. The molecule has 2 rings (SSSR count). The fourth-order valence-corrected chi connectivity index (χ4v) is 2.77. The SMILES string of the molecule is C=C1C[C@H]2CCCCN2[C@H](C)C1. The van der Waals surface area contributed by atoms with Crippen LogP contribution in [0, 0.1) is 0 Å². The van der Waals surface area contributed by atoms with Crippen molar-refractivity contribution in [3.05, 3.63) is 12.2 Å². The topological polar surface area (TPSA) is 3.24 Å². The van der Waals surface area contributed by atoms with Crippen molar-refractivity contribution in [2.45, 2.75) is 51.1 Å². The van der Waals surface area contributed by atoms with Crippen molar-refractivity contribution in [3.8, 4) is 0 Å². The van der Waals surface area contributed by atoms with Gasteiger partial charge in [-0.15, -0.1) is 0 Å². The Hall–Kier alpha value is -0.300. The van der Waals surface area contributed by atoms with Crippen LogP contribution in [0.25, 0.3) is 0 Å². The molecule has 2 fully saturated rings. The van der Waals surface area contributed by atoms with Gasteiger partial charge in [0.2, 0.25) is 0 Å². The zero-order valence-corrected chi connectivity index (χ0v) is 8.05. The molecule has 0 aromatic carbocycles. The second-order valence-electron chi connectivity index (χ2n) is 4.39. The molecule has 0 amide bonds. The van der Waals surface area contributed by atoms with E-state index >= 15 is 0 Å². The normalized spacial score (nSPS) is 37.9. The van der Waals surface area contributed by atoms with Crippen LogP contribution in [0.15, 0.2) is 12.2 Å². The van der Waals surface area contributed by atoms with Crippen molar-refractivity contribution in [2.75, 3.05) is 6.54 Å². The van der Waals surface area contributed by atoms with Crippen LogP contribution in [0.5, 0.6) is 0 Å². The number of nitrogens with zero attached hydrogens (tertiary/aromatic N) is 1. The zero-order chi connectivity index (χ0) is 8.55. The first-order valence-corrected chi connectivity index (χ1v) is 5.20. The molecule has 0 spiro atoms. The summed E-state index contributed by atoms with van der Waals surface area (Å²) < 4.78 is 0. The third-order valence-corrected chi connectivity index (χ3v) is 3.35. The molecular formula is C11H19N. The summed E-state index contributed by atoms with van der Waals surface area (Å²) in [6.07, 6.45) is 6.75. The Balaban J connectivity index is 2.06. The van der Waals surface area contributed by atoms with Gasteiger partial charge in [-0.05, 0) is 39.2 Å². The summed E-state index contributed by atoms with van der Waals surface area (Å²) >= 11 is 0. The number of rotatable bonds is 0. The number of hydrogen-bond acceptors (Lipinski definition) is 1.